The van der Waals surface area contributed by atoms with E-state index >= 15 is 0 Å². The molecule has 1 aromatic carbocycles. The molecule has 0 radical (unpaired) electrons. The minimum absolute atomic E-state index is 0.407. The number of ether oxygens (including phenoxy) is 1. The highest BCUT2D eigenvalue weighted by Crippen LogP contribution is 2.20. The van der Waals surface area contributed by atoms with Gasteiger partial charge in [0.05, 0.1) is 13.2 Å². The van der Waals surface area contributed by atoms with Gasteiger partial charge in [-0.2, -0.15) is 0 Å². The molecular weight excluding hydrogens is 300 g/mol. The van der Waals surface area contributed by atoms with Crippen molar-refractivity contribution in [2.24, 2.45) is 0 Å². The molecule has 0 saturated carbocycles. The van der Waals surface area contributed by atoms with Gasteiger partial charge in [-0.05, 0) is 24.3 Å². The molecule has 2 heterocycles. The van der Waals surface area contributed by atoms with E-state index in [1.165, 1.54) is 4.90 Å². The van der Waals surface area contributed by atoms with Crippen LogP contribution >= 0.6 is 0 Å². The lowest BCUT2D eigenvalue weighted by atomic mass is 10.2. The molecule has 8 nitrogen and oxygen atoms in total. The number of carbonyl (C=O) groups excluding carboxylic acids is 2. The molecule has 1 fully saturated rings. The van der Waals surface area contributed by atoms with Crippen LogP contribution in [0.25, 0.3) is 11.5 Å². The van der Waals surface area contributed by atoms with Crippen LogP contribution in [0.5, 0.6) is 0 Å². The summed E-state index contributed by atoms with van der Waals surface area (Å²) >= 11 is 0. The van der Waals surface area contributed by atoms with Crippen molar-refractivity contribution >= 4 is 17.5 Å². The molecule has 1 aromatic heterocycles. The van der Waals surface area contributed by atoms with Crippen molar-refractivity contribution < 1.29 is 18.7 Å². The van der Waals surface area contributed by atoms with E-state index in [2.05, 4.69) is 15.5 Å². The molecule has 23 heavy (non-hydrogen) atoms. The first kappa shape index (κ1) is 15.2. The van der Waals surface area contributed by atoms with Crippen molar-refractivity contribution in [3.05, 3.63) is 30.2 Å². The second kappa shape index (κ2) is 6.57. The Kier molecular flexibility index (Phi) is 4.33. The lowest BCUT2D eigenvalue weighted by Crippen LogP contribution is -2.45. The zero-order valence-corrected chi connectivity index (χ0v) is 12.6. The molecule has 3 rings (SSSR count). The van der Waals surface area contributed by atoms with E-state index in [4.69, 9.17) is 9.15 Å². The minimum atomic E-state index is -0.659. The summed E-state index contributed by atoms with van der Waals surface area (Å²) in [5.41, 5.74) is 1.26. The third-order valence-corrected chi connectivity index (χ3v) is 3.41. The summed E-state index contributed by atoms with van der Waals surface area (Å²) in [7, 11) is 0. The van der Waals surface area contributed by atoms with Gasteiger partial charge in [0, 0.05) is 31.3 Å². The summed E-state index contributed by atoms with van der Waals surface area (Å²) < 4.78 is 10.5. The molecule has 0 aliphatic carbocycles. The number of aromatic nitrogens is 2. The van der Waals surface area contributed by atoms with Gasteiger partial charge in [-0.1, -0.05) is 0 Å². The normalized spacial score (nSPS) is 14.6. The van der Waals surface area contributed by atoms with Crippen LogP contribution in [0.2, 0.25) is 0 Å². The summed E-state index contributed by atoms with van der Waals surface area (Å²) in [4.78, 5) is 25.5. The van der Waals surface area contributed by atoms with Crippen molar-refractivity contribution in [1.29, 1.82) is 0 Å². The summed E-state index contributed by atoms with van der Waals surface area (Å²) in [6.07, 6.45) is 0. The number of nitrogens with zero attached hydrogens (tertiary/aromatic N) is 3. The number of aryl methyl sites for hydroxylation is 1. The largest absolute Gasteiger partial charge is 0.421 e. The highest BCUT2D eigenvalue weighted by atomic mass is 16.5. The number of nitrogens with one attached hydrogen (secondary N) is 1. The molecule has 0 atom stereocenters. The molecule has 0 bridgehead atoms. The maximum absolute atomic E-state index is 12.0. The van der Waals surface area contributed by atoms with Crippen LogP contribution in [0.1, 0.15) is 5.89 Å². The zero-order valence-electron chi connectivity index (χ0n) is 12.6. The van der Waals surface area contributed by atoms with Gasteiger partial charge in [-0.25, -0.2) is 0 Å². The van der Waals surface area contributed by atoms with E-state index in [0.29, 0.717) is 43.8 Å². The van der Waals surface area contributed by atoms with Crippen molar-refractivity contribution in [3.63, 3.8) is 0 Å². The number of rotatable bonds is 2. The highest BCUT2D eigenvalue weighted by Gasteiger charge is 2.23. The summed E-state index contributed by atoms with van der Waals surface area (Å²) in [6.45, 7) is 3.49. The second-order valence-corrected chi connectivity index (χ2v) is 5.06. The van der Waals surface area contributed by atoms with Crippen LogP contribution in [0.3, 0.4) is 0 Å². The molecule has 120 valence electrons. The SMILES string of the molecule is Cc1nnc(-c2ccc(NC(=O)C(=O)N3CCOCC3)cc2)o1. The number of morpholine rings is 1. The minimum Gasteiger partial charge on any atom is -0.421 e. The fourth-order valence-electron chi connectivity index (χ4n) is 2.20. The topological polar surface area (TPSA) is 97.6 Å². The lowest BCUT2D eigenvalue weighted by Gasteiger charge is -2.26. The van der Waals surface area contributed by atoms with Crippen LogP contribution < -0.4 is 5.32 Å². The van der Waals surface area contributed by atoms with Crippen molar-refractivity contribution in [3.8, 4) is 11.5 Å². The van der Waals surface area contributed by atoms with Crippen LogP contribution in [0, 0.1) is 6.92 Å². The third-order valence-electron chi connectivity index (χ3n) is 3.41. The first-order valence-corrected chi connectivity index (χ1v) is 7.22. The van der Waals surface area contributed by atoms with Gasteiger partial charge >= 0.3 is 11.8 Å². The van der Waals surface area contributed by atoms with Crippen molar-refractivity contribution in [2.45, 2.75) is 6.92 Å². The Balaban J connectivity index is 1.63. The molecule has 1 N–H and O–H groups in total. The van der Waals surface area contributed by atoms with Gasteiger partial charge in [-0.3, -0.25) is 9.59 Å². The van der Waals surface area contributed by atoms with Crippen LogP contribution in [-0.2, 0) is 14.3 Å². The summed E-state index contributed by atoms with van der Waals surface area (Å²) in [5, 5.41) is 10.3. The van der Waals surface area contributed by atoms with Gasteiger partial charge < -0.3 is 19.4 Å². The van der Waals surface area contributed by atoms with Gasteiger partial charge in [0.2, 0.25) is 11.8 Å². The average Bonchev–Trinajstić information content (AvgIpc) is 3.02. The number of hydrogen-bond acceptors (Lipinski definition) is 6. The van der Waals surface area contributed by atoms with E-state index in [0.717, 1.165) is 5.56 Å². The first-order chi connectivity index (χ1) is 11.1. The van der Waals surface area contributed by atoms with E-state index in [9.17, 15) is 9.59 Å². The molecule has 0 unspecified atom stereocenters. The molecule has 1 saturated heterocycles. The Morgan fingerprint density at radius 2 is 1.83 bits per heavy atom. The third kappa shape index (κ3) is 3.54. The number of carbonyl (C=O) groups is 2. The number of amides is 2. The maximum atomic E-state index is 12.0. The van der Waals surface area contributed by atoms with Crippen LogP contribution in [0.15, 0.2) is 28.7 Å². The molecule has 1 aliphatic rings. The second-order valence-electron chi connectivity index (χ2n) is 5.06. The zero-order chi connectivity index (χ0) is 16.2. The number of hydrogen-bond donors (Lipinski definition) is 1. The average molecular weight is 316 g/mol. The fraction of sp³-hybridized carbons (Fsp3) is 0.333. The molecule has 1 aliphatic heterocycles. The lowest BCUT2D eigenvalue weighted by molar-refractivity contribution is -0.145. The Labute approximate surface area is 132 Å². The molecule has 8 heteroatoms. The predicted octanol–water partition coefficient (Wildman–Crippen LogP) is 0.842. The van der Waals surface area contributed by atoms with E-state index in [1.54, 1.807) is 31.2 Å². The standard InChI is InChI=1S/C15H16N4O4/c1-10-17-18-14(23-10)11-2-4-12(5-3-11)16-13(20)15(21)19-6-8-22-9-7-19/h2-5H,6-9H2,1H3,(H,16,20). The summed E-state index contributed by atoms with van der Waals surface area (Å²) in [6, 6.07) is 6.84. The monoisotopic (exact) mass is 316 g/mol. The Hall–Kier alpha value is -2.74. The van der Waals surface area contributed by atoms with Crippen molar-refractivity contribution in [1.82, 2.24) is 15.1 Å². The number of anilines is 1. The number of benzene rings is 1. The first-order valence-electron chi connectivity index (χ1n) is 7.22. The fourth-order valence-corrected chi connectivity index (χ4v) is 2.20. The Bertz CT molecular complexity index is 705. The van der Waals surface area contributed by atoms with Crippen molar-refractivity contribution in [2.75, 3.05) is 31.6 Å². The predicted molar refractivity (Wildman–Crippen MR) is 80.5 cm³/mol. The Morgan fingerprint density at radius 1 is 1.13 bits per heavy atom. The smallest absolute Gasteiger partial charge is 0.313 e. The van der Waals surface area contributed by atoms with Gasteiger partial charge in [0.15, 0.2) is 0 Å². The van der Waals surface area contributed by atoms with Gasteiger partial charge in [-0.15, -0.1) is 10.2 Å². The molecule has 2 aromatic rings. The molecular formula is C15H16N4O4. The van der Waals surface area contributed by atoms with Gasteiger partial charge in [0.25, 0.3) is 0 Å². The Morgan fingerprint density at radius 3 is 2.43 bits per heavy atom. The van der Waals surface area contributed by atoms with Crippen LogP contribution in [0.4, 0.5) is 5.69 Å². The maximum Gasteiger partial charge on any atom is 0.313 e. The van der Waals surface area contributed by atoms with E-state index < -0.39 is 11.8 Å². The van der Waals surface area contributed by atoms with E-state index in [1.807, 2.05) is 0 Å². The van der Waals surface area contributed by atoms with Gasteiger partial charge in [0.1, 0.15) is 0 Å². The quantitative estimate of drug-likeness (QED) is 0.825. The molecule has 2 amide bonds. The van der Waals surface area contributed by atoms with Crippen LogP contribution in [-0.4, -0.2) is 53.2 Å². The highest BCUT2D eigenvalue weighted by molar-refractivity contribution is 6.39. The summed E-state index contributed by atoms with van der Waals surface area (Å²) in [5.74, 6) is -0.323. The van der Waals surface area contributed by atoms with E-state index in [-0.39, 0.29) is 0 Å². The molecule has 0 spiro atoms.